The van der Waals surface area contributed by atoms with Crippen LogP contribution >= 0.6 is 0 Å². The lowest BCUT2D eigenvalue weighted by Gasteiger charge is -2.14. The van der Waals surface area contributed by atoms with E-state index in [1.54, 1.807) is 6.20 Å². The highest BCUT2D eigenvalue weighted by Gasteiger charge is 2.37. The van der Waals surface area contributed by atoms with E-state index in [2.05, 4.69) is 25.6 Å². The molecule has 8 nitrogen and oxygen atoms in total. The predicted octanol–water partition coefficient (Wildman–Crippen LogP) is 1.77. The molecule has 2 aromatic heterocycles. The van der Waals surface area contributed by atoms with Crippen molar-refractivity contribution in [1.82, 2.24) is 15.0 Å². The molecule has 26 heavy (non-hydrogen) atoms. The molecule has 1 fully saturated rings. The Hall–Kier alpha value is -3.26. The van der Waals surface area contributed by atoms with Gasteiger partial charge in [0.05, 0.1) is 11.7 Å². The van der Waals surface area contributed by atoms with Crippen LogP contribution in [0, 0.1) is 0 Å². The number of carbonyl (C=O) groups excluding carboxylic acids is 1. The maximum atomic E-state index is 11.7. The van der Waals surface area contributed by atoms with E-state index in [1.807, 2.05) is 30.3 Å². The molecule has 0 unspecified atom stereocenters. The third kappa shape index (κ3) is 3.40. The van der Waals surface area contributed by atoms with Crippen molar-refractivity contribution in [2.75, 3.05) is 17.2 Å². The van der Waals surface area contributed by atoms with Crippen LogP contribution in [0.25, 0.3) is 10.9 Å². The van der Waals surface area contributed by atoms with Crippen LogP contribution in [0.1, 0.15) is 23.3 Å². The van der Waals surface area contributed by atoms with Gasteiger partial charge >= 0.3 is 0 Å². The molecular weight excluding hydrogens is 330 g/mol. The third-order valence-electron chi connectivity index (χ3n) is 4.39. The van der Waals surface area contributed by atoms with Crippen molar-refractivity contribution in [3.8, 4) is 0 Å². The van der Waals surface area contributed by atoms with Gasteiger partial charge in [-0.05, 0) is 37.1 Å². The number of carbonyl (C=O) groups is 1. The van der Waals surface area contributed by atoms with E-state index >= 15 is 0 Å². The molecule has 2 heterocycles. The Morgan fingerprint density at radius 3 is 2.85 bits per heavy atom. The van der Waals surface area contributed by atoms with Crippen molar-refractivity contribution >= 4 is 34.1 Å². The van der Waals surface area contributed by atoms with Crippen molar-refractivity contribution in [2.45, 2.75) is 18.4 Å². The molecule has 3 aromatic rings. The number of nitrogens with zero attached hydrogens (tertiary/aromatic N) is 3. The molecule has 0 aliphatic heterocycles. The van der Waals surface area contributed by atoms with Crippen molar-refractivity contribution < 1.29 is 4.79 Å². The first-order chi connectivity index (χ1) is 12.5. The minimum absolute atomic E-state index is 0.0794. The Balaban J connectivity index is 1.62. The second-order valence-corrected chi connectivity index (χ2v) is 6.57. The molecule has 0 bridgehead atoms. The van der Waals surface area contributed by atoms with Gasteiger partial charge in [-0.15, -0.1) is 0 Å². The fourth-order valence-corrected chi connectivity index (χ4v) is 2.64. The van der Waals surface area contributed by atoms with Gasteiger partial charge in [0.2, 0.25) is 0 Å². The van der Waals surface area contributed by atoms with Gasteiger partial charge in [-0.25, -0.2) is 9.97 Å². The number of pyridine rings is 1. The summed E-state index contributed by atoms with van der Waals surface area (Å²) in [5, 5.41) is 7.27. The molecule has 1 saturated carbocycles. The topological polar surface area (TPSA) is 132 Å². The van der Waals surface area contributed by atoms with E-state index < -0.39 is 5.91 Å². The number of benzene rings is 1. The number of amides is 1. The normalized spacial score (nSPS) is 14.8. The van der Waals surface area contributed by atoms with E-state index in [4.69, 9.17) is 11.5 Å². The molecule has 1 aliphatic carbocycles. The minimum Gasteiger partial charge on any atom is -0.367 e. The molecule has 0 atom stereocenters. The number of rotatable bonds is 6. The van der Waals surface area contributed by atoms with Crippen LogP contribution in [0.15, 0.2) is 42.7 Å². The molecule has 8 heteroatoms. The minimum atomic E-state index is -0.647. The van der Waals surface area contributed by atoms with Gasteiger partial charge in [0.15, 0.2) is 11.5 Å². The molecule has 0 spiro atoms. The lowest BCUT2D eigenvalue weighted by molar-refractivity contribution is 0.0996. The Kier molecular flexibility index (Phi) is 3.89. The number of aromatic nitrogens is 3. The van der Waals surface area contributed by atoms with E-state index in [1.165, 1.54) is 6.20 Å². The van der Waals surface area contributed by atoms with Crippen molar-refractivity contribution in [3.05, 3.63) is 48.4 Å². The first-order valence-corrected chi connectivity index (χ1v) is 8.34. The number of nitrogens with one attached hydrogen (secondary N) is 2. The molecule has 0 radical (unpaired) electrons. The lowest BCUT2D eigenvalue weighted by Crippen LogP contribution is -2.31. The summed E-state index contributed by atoms with van der Waals surface area (Å²) < 4.78 is 0. The summed E-state index contributed by atoms with van der Waals surface area (Å²) in [6.45, 7) is 0.610. The van der Waals surface area contributed by atoms with Gasteiger partial charge in [-0.2, -0.15) is 0 Å². The van der Waals surface area contributed by atoms with Crippen LogP contribution < -0.4 is 22.1 Å². The predicted molar refractivity (Wildman–Crippen MR) is 100 cm³/mol. The largest absolute Gasteiger partial charge is 0.367 e. The summed E-state index contributed by atoms with van der Waals surface area (Å²) in [5.41, 5.74) is 13.1. The van der Waals surface area contributed by atoms with Crippen LogP contribution in [0.3, 0.4) is 0 Å². The molecule has 4 rings (SSSR count). The fraction of sp³-hybridized carbons (Fsp3) is 0.222. The van der Waals surface area contributed by atoms with Crippen LogP contribution in [-0.4, -0.2) is 32.9 Å². The van der Waals surface area contributed by atoms with Gasteiger partial charge in [0.1, 0.15) is 5.82 Å². The summed E-state index contributed by atoms with van der Waals surface area (Å²) in [7, 11) is 0. The van der Waals surface area contributed by atoms with Crippen LogP contribution in [0.4, 0.5) is 17.3 Å². The maximum absolute atomic E-state index is 11.7. The number of fused-ring (bicyclic) bond motifs is 1. The molecule has 1 aromatic carbocycles. The zero-order chi connectivity index (χ0) is 18.1. The maximum Gasteiger partial charge on any atom is 0.271 e. The zero-order valence-electron chi connectivity index (χ0n) is 14.1. The van der Waals surface area contributed by atoms with Crippen LogP contribution in [-0.2, 0) is 0 Å². The highest BCUT2D eigenvalue weighted by Crippen LogP contribution is 2.32. The standard InChI is InChI=1S/C18H19N7O/c19-16(26)15-17(25-14(9-22-15)23-10-18(20)5-6-18)24-12-3-4-13-11(8-12)2-1-7-21-13/h1-4,7-9H,5-6,10,20H2,(H2,19,26)(H2,23,24,25). The van der Waals surface area contributed by atoms with E-state index in [9.17, 15) is 4.79 Å². The quantitative estimate of drug-likeness (QED) is 0.533. The van der Waals surface area contributed by atoms with Gasteiger partial charge < -0.3 is 22.1 Å². The lowest BCUT2D eigenvalue weighted by atomic mass is 10.2. The Morgan fingerprint density at radius 2 is 2.08 bits per heavy atom. The SMILES string of the molecule is NC(=O)c1ncc(NCC2(N)CC2)nc1Nc1ccc2ncccc2c1. The molecule has 1 amide bonds. The molecule has 6 N–H and O–H groups in total. The van der Waals surface area contributed by atoms with E-state index in [0.29, 0.717) is 18.2 Å². The van der Waals surface area contributed by atoms with Gasteiger partial charge in [-0.3, -0.25) is 9.78 Å². The van der Waals surface area contributed by atoms with Crippen molar-refractivity contribution in [1.29, 1.82) is 0 Å². The Morgan fingerprint density at radius 1 is 1.23 bits per heavy atom. The highest BCUT2D eigenvalue weighted by atomic mass is 16.1. The van der Waals surface area contributed by atoms with Crippen molar-refractivity contribution in [2.24, 2.45) is 11.5 Å². The van der Waals surface area contributed by atoms with Crippen molar-refractivity contribution in [3.63, 3.8) is 0 Å². The summed E-state index contributed by atoms with van der Waals surface area (Å²) in [6, 6.07) is 9.51. The fourth-order valence-electron chi connectivity index (χ4n) is 2.64. The third-order valence-corrected chi connectivity index (χ3v) is 4.39. The number of anilines is 3. The smallest absolute Gasteiger partial charge is 0.271 e. The zero-order valence-corrected chi connectivity index (χ0v) is 14.1. The number of hydrogen-bond donors (Lipinski definition) is 4. The Labute approximate surface area is 150 Å². The van der Waals surface area contributed by atoms with Gasteiger partial charge in [-0.1, -0.05) is 6.07 Å². The van der Waals surface area contributed by atoms with Crippen LogP contribution in [0.2, 0.25) is 0 Å². The van der Waals surface area contributed by atoms with E-state index in [-0.39, 0.29) is 11.2 Å². The summed E-state index contributed by atoms with van der Waals surface area (Å²) >= 11 is 0. The number of primary amides is 1. The average molecular weight is 349 g/mol. The monoisotopic (exact) mass is 349 g/mol. The molecular formula is C18H19N7O. The summed E-state index contributed by atoms with van der Waals surface area (Å²) in [4.78, 5) is 24.6. The van der Waals surface area contributed by atoms with Gasteiger partial charge in [0.25, 0.3) is 5.91 Å². The second kappa shape index (κ2) is 6.23. The molecule has 1 aliphatic rings. The average Bonchev–Trinajstić information content (AvgIpc) is 3.38. The highest BCUT2D eigenvalue weighted by molar-refractivity contribution is 5.96. The second-order valence-electron chi connectivity index (χ2n) is 6.57. The first-order valence-electron chi connectivity index (χ1n) is 8.34. The number of nitrogens with two attached hydrogens (primary N) is 2. The van der Waals surface area contributed by atoms with E-state index in [0.717, 1.165) is 29.4 Å². The van der Waals surface area contributed by atoms with Gasteiger partial charge in [0, 0.05) is 29.4 Å². The van der Waals surface area contributed by atoms with Crippen LogP contribution in [0.5, 0.6) is 0 Å². The molecule has 0 saturated heterocycles. The summed E-state index contributed by atoms with van der Waals surface area (Å²) in [5.74, 6) is 0.191. The molecule has 132 valence electrons. The first kappa shape index (κ1) is 16.2. The summed E-state index contributed by atoms with van der Waals surface area (Å²) in [6.07, 6.45) is 5.21. The number of hydrogen-bond acceptors (Lipinski definition) is 7. The Bertz CT molecular complexity index is 984.